The van der Waals surface area contributed by atoms with Crippen molar-refractivity contribution in [2.75, 3.05) is 7.11 Å². The van der Waals surface area contributed by atoms with Crippen LogP contribution in [0.25, 0.3) is 0 Å². The van der Waals surface area contributed by atoms with Gasteiger partial charge in [-0.05, 0) is 13.0 Å². The highest BCUT2D eigenvalue weighted by molar-refractivity contribution is 9.08. The average Bonchev–Trinajstić information content (AvgIpc) is 2.16. The fraction of sp³-hybridized carbons (Fsp3) is 0.444. The summed E-state index contributed by atoms with van der Waals surface area (Å²) < 4.78 is 30.0. The van der Waals surface area contributed by atoms with Gasteiger partial charge in [0.05, 0.1) is 7.11 Å². The molecule has 0 aromatic carbocycles. The van der Waals surface area contributed by atoms with Crippen molar-refractivity contribution in [2.45, 2.75) is 18.7 Å². The van der Waals surface area contributed by atoms with E-state index in [-0.39, 0.29) is 11.4 Å². The molecule has 0 saturated heterocycles. The summed E-state index contributed by atoms with van der Waals surface area (Å²) in [5, 5.41) is 0.471. The largest absolute Gasteiger partial charge is 0.494 e. The van der Waals surface area contributed by atoms with E-state index in [9.17, 15) is 8.78 Å². The van der Waals surface area contributed by atoms with Crippen molar-refractivity contribution in [1.82, 2.24) is 4.98 Å². The third-order valence-electron chi connectivity index (χ3n) is 1.76. The van der Waals surface area contributed by atoms with Gasteiger partial charge >= 0.3 is 0 Å². The fourth-order valence-corrected chi connectivity index (χ4v) is 1.65. The number of halogens is 3. The molecule has 0 unspecified atom stereocenters. The van der Waals surface area contributed by atoms with Gasteiger partial charge in [0.25, 0.3) is 6.43 Å². The third-order valence-corrected chi connectivity index (χ3v) is 2.36. The number of aryl methyl sites for hydroxylation is 1. The summed E-state index contributed by atoms with van der Waals surface area (Å²) in [6.45, 7) is 1.68. The summed E-state index contributed by atoms with van der Waals surface area (Å²) in [5.74, 6) is 0.169. The number of hydrogen-bond donors (Lipinski definition) is 0. The van der Waals surface area contributed by atoms with E-state index in [1.54, 1.807) is 13.0 Å². The summed E-state index contributed by atoms with van der Waals surface area (Å²) in [5.41, 5.74) is 0.966. The van der Waals surface area contributed by atoms with Gasteiger partial charge in [-0.15, -0.1) is 0 Å². The Morgan fingerprint density at radius 1 is 1.57 bits per heavy atom. The van der Waals surface area contributed by atoms with Crippen molar-refractivity contribution in [3.63, 3.8) is 0 Å². The van der Waals surface area contributed by atoms with Crippen LogP contribution in [0.1, 0.15) is 23.4 Å². The Morgan fingerprint density at radius 3 is 2.64 bits per heavy atom. The quantitative estimate of drug-likeness (QED) is 0.783. The zero-order chi connectivity index (χ0) is 10.7. The lowest BCUT2D eigenvalue weighted by Gasteiger charge is -2.11. The van der Waals surface area contributed by atoms with Crippen LogP contribution in [0.5, 0.6) is 5.75 Å². The second-order valence-electron chi connectivity index (χ2n) is 2.78. The predicted octanol–water partition coefficient (Wildman–Crippen LogP) is 3.23. The first-order valence-electron chi connectivity index (χ1n) is 3.98. The van der Waals surface area contributed by atoms with E-state index in [0.29, 0.717) is 16.6 Å². The lowest BCUT2D eigenvalue weighted by molar-refractivity contribution is 0.141. The van der Waals surface area contributed by atoms with E-state index in [0.717, 1.165) is 0 Å². The summed E-state index contributed by atoms with van der Waals surface area (Å²) in [7, 11) is 1.37. The lowest BCUT2D eigenvalue weighted by Crippen LogP contribution is -2.01. The van der Waals surface area contributed by atoms with Gasteiger partial charge in [0.15, 0.2) is 0 Å². The molecule has 0 aliphatic carbocycles. The Morgan fingerprint density at radius 2 is 2.21 bits per heavy atom. The van der Waals surface area contributed by atoms with Gasteiger partial charge in [-0.1, -0.05) is 15.9 Å². The SMILES string of the molecule is COc1c(CBr)cc(C)nc1C(F)F. The lowest BCUT2D eigenvalue weighted by atomic mass is 10.2. The zero-order valence-corrected chi connectivity index (χ0v) is 9.44. The first kappa shape index (κ1) is 11.4. The van der Waals surface area contributed by atoms with Crippen molar-refractivity contribution in [1.29, 1.82) is 0 Å². The molecule has 1 heterocycles. The number of aromatic nitrogens is 1. The fourth-order valence-electron chi connectivity index (χ4n) is 1.24. The molecule has 0 radical (unpaired) electrons. The molecule has 0 spiro atoms. The summed E-state index contributed by atoms with van der Waals surface area (Å²) in [6, 6.07) is 1.72. The second kappa shape index (κ2) is 4.68. The molecule has 0 aliphatic heterocycles. The molecule has 0 fully saturated rings. The average molecular weight is 266 g/mol. The monoisotopic (exact) mass is 265 g/mol. The maximum Gasteiger partial charge on any atom is 0.284 e. The number of rotatable bonds is 3. The standard InChI is InChI=1S/C9H10BrF2NO/c1-5-3-6(4-10)8(14-2)7(13-5)9(11)12/h3,9H,4H2,1-2H3. The van der Waals surface area contributed by atoms with E-state index in [1.807, 2.05) is 0 Å². The number of alkyl halides is 3. The van der Waals surface area contributed by atoms with Crippen LogP contribution in [0.2, 0.25) is 0 Å². The van der Waals surface area contributed by atoms with Crippen LogP contribution in [0.15, 0.2) is 6.07 Å². The molecular weight excluding hydrogens is 256 g/mol. The maximum atomic E-state index is 12.6. The van der Waals surface area contributed by atoms with Crippen molar-refractivity contribution < 1.29 is 13.5 Å². The minimum atomic E-state index is -2.61. The molecule has 0 N–H and O–H groups in total. The summed E-state index contributed by atoms with van der Waals surface area (Å²) in [6.07, 6.45) is -2.61. The van der Waals surface area contributed by atoms with Crippen molar-refractivity contribution in [3.05, 3.63) is 23.0 Å². The molecule has 0 saturated carbocycles. The van der Waals surface area contributed by atoms with Gasteiger partial charge in [0.1, 0.15) is 11.4 Å². The molecule has 1 rings (SSSR count). The highest BCUT2D eigenvalue weighted by Gasteiger charge is 2.19. The van der Waals surface area contributed by atoms with Crippen molar-refractivity contribution in [2.24, 2.45) is 0 Å². The molecule has 2 nitrogen and oxygen atoms in total. The van der Waals surface area contributed by atoms with Crippen LogP contribution in [-0.4, -0.2) is 12.1 Å². The first-order chi connectivity index (χ1) is 6.60. The molecule has 0 aliphatic rings. The Labute approximate surface area is 89.4 Å². The molecule has 14 heavy (non-hydrogen) atoms. The minimum absolute atomic E-state index is 0.169. The maximum absolute atomic E-state index is 12.6. The van der Waals surface area contributed by atoms with E-state index >= 15 is 0 Å². The Balaban J connectivity index is 3.31. The molecule has 1 aromatic rings. The van der Waals surface area contributed by atoms with E-state index in [1.165, 1.54) is 7.11 Å². The highest BCUT2D eigenvalue weighted by Crippen LogP contribution is 2.31. The minimum Gasteiger partial charge on any atom is -0.494 e. The summed E-state index contributed by atoms with van der Waals surface area (Å²) in [4.78, 5) is 3.76. The van der Waals surface area contributed by atoms with Gasteiger partial charge in [-0.3, -0.25) is 0 Å². The van der Waals surface area contributed by atoms with E-state index in [2.05, 4.69) is 20.9 Å². The Hall–Kier alpha value is -0.710. The number of nitrogens with zero attached hydrogens (tertiary/aromatic N) is 1. The smallest absolute Gasteiger partial charge is 0.284 e. The van der Waals surface area contributed by atoms with Crippen LogP contribution in [0, 0.1) is 6.92 Å². The molecule has 1 aromatic heterocycles. The van der Waals surface area contributed by atoms with Crippen LogP contribution in [0.4, 0.5) is 8.78 Å². The highest BCUT2D eigenvalue weighted by atomic mass is 79.9. The molecule has 0 amide bonds. The second-order valence-corrected chi connectivity index (χ2v) is 3.34. The number of pyridine rings is 1. The van der Waals surface area contributed by atoms with Gasteiger partial charge in [-0.2, -0.15) is 0 Å². The van der Waals surface area contributed by atoms with Gasteiger partial charge in [0.2, 0.25) is 0 Å². The van der Waals surface area contributed by atoms with Crippen LogP contribution < -0.4 is 4.74 Å². The van der Waals surface area contributed by atoms with Gasteiger partial charge in [0, 0.05) is 16.6 Å². The molecule has 78 valence electrons. The van der Waals surface area contributed by atoms with E-state index in [4.69, 9.17) is 4.74 Å². The molecular formula is C9H10BrF2NO. The first-order valence-corrected chi connectivity index (χ1v) is 5.10. The normalized spacial score (nSPS) is 10.7. The molecule has 0 bridgehead atoms. The van der Waals surface area contributed by atoms with E-state index < -0.39 is 6.43 Å². The van der Waals surface area contributed by atoms with Crippen LogP contribution >= 0.6 is 15.9 Å². The van der Waals surface area contributed by atoms with Gasteiger partial charge in [-0.25, -0.2) is 13.8 Å². The van der Waals surface area contributed by atoms with Crippen molar-refractivity contribution >= 4 is 15.9 Å². The number of hydrogen-bond acceptors (Lipinski definition) is 2. The van der Waals surface area contributed by atoms with Crippen LogP contribution in [0.3, 0.4) is 0 Å². The van der Waals surface area contributed by atoms with Crippen LogP contribution in [-0.2, 0) is 5.33 Å². The topological polar surface area (TPSA) is 22.1 Å². The summed E-state index contributed by atoms with van der Waals surface area (Å²) >= 11 is 3.21. The molecule has 0 atom stereocenters. The number of methoxy groups -OCH3 is 1. The Bertz CT molecular complexity index is 331. The van der Waals surface area contributed by atoms with Gasteiger partial charge < -0.3 is 4.74 Å². The zero-order valence-electron chi connectivity index (χ0n) is 7.85. The molecule has 5 heteroatoms. The van der Waals surface area contributed by atoms with Crippen molar-refractivity contribution in [3.8, 4) is 5.75 Å². The Kier molecular flexibility index (Phi) is 3.80. The number of ether oxygens (including phenoxy) is 1. The predicted molar refractivity (Wildman–Crippen MR) is 53.1 cm³/mol. The third kappa shape index (κ3) is 2.20.